The summed E-state index contributed by atoms with van der Waals surface area (Å²) in [7, 11) is 0. The molecular weight excluding hydrogens is 394 g/mol. The molecule has 0 saturated heterocycles. The van der Waals surface area contributed by atoms with Crippen molar-refractivity contribution in [3.05, 3.63) is 36.3 Å². The summed E-state index contributed by atoms with van der Waals surface area (Å²) < 4.78 is 1.89. The highest BCUT2D eigenvalue weighted by Gasteiger charge is 2.39. The number of aliphatic hydroxyl groups excluding tert-OH is 1. The molecule has 1 atom stereocenters. The largest absolute Gasteiger partial charge is 0.392 e. The van der Waals surface area contributed by atoms with Gasteiger partial charge in [-0.1, -0.05) is 0 Å². The van der Waals surface area contributed by atoms with Crippen molar-refractivity contribution in [3.63, 3.8) is 0 Å². The Bertz CT molecular complexity index is 1130. The third-order valence-electron chi connectivity index (χ3n) is 5.38. The van der Waals surface area contributed by atoms with E-state index < -0.39 is 11.5 Å². The van der Waals surface area contributed by atoms with Crippen LogP contribution in [0.2, 0.25) is 0 Å². The lowest BCUT2D eigenvalue weighted by atomic mass is 9.86. The number of anilines is 2. The summed E-state index contributed by atoms with van der Waals surface area (Å²) in [4.78, 5) is 25.7. The van der Waals surface area contributed by atoms with Gasteiger partial charge in [-0.3, -0.25) is 9.48 Å². The normalized spacial score (nSPS) is 15.6. The van der Waals surface area contributed by atoms with Crippen molar-refractivity contribution in [2.75, 3.05) is 17.2 Å². The minimum atomic E-state index is -0.661. The number of hydrogen-bond acceptors (Lipinski definition) is 7. The van der Waals surface area contributed by atoms with Gasteiger partial charge in [0.05, 0.1) is 17.2 Å². The molecule has 0 bridgehead atoms. The van der Waals surface area contributed by atoms with E-state index in [0.29, 0.717) is 24.0 Å². The number of carbonyl (C=O) groups is 1. The molecule has 162 valence electrons. The summed E-state index contributed by atoms with van der Waals surface area (Å²) in [6.45, 7) is 9.94. The zero-order chi connectivity index (χ0) is 22.3. The van der Waals surface area contributed by atoms with Crippen molar-refractivity contribution in [2.24, 2.45) is 0 Å². The van der Waals surface area contributed by atoms with E-state index in [9.17, 15) is 9.90 Å². The van der Waals surface area contributed by atoms with Gasteiger partial charge in [0.2, 0.25) is 11.9 Å². The van der Waals surface area contributed by atoms with E-state index in [-0.39, 0.29) is 11.9 Å². The van der Waals surface area contributed by atoms with Gasteiger partial charge >= 0.3 is 0 Å². The molecule has 9 nitrogen and oxygen atoms in total. The van der Waals surface area contributed by atoms with Crippen LogP contribution in [0, 0.1) is 0 Å². The Kier molecular flexibility index (Phi) is 5.22. The molecule has 0 unspecified atom stereocenters. The molecule has 1 aliphatic rings. The topological polar surface area (TPSA) is 118 Å². The molecule has 1 aliphatic heterocycles. The highest BCUT2D eigenvalue weighted by atomic mass is 16.3. The quantitative estimate of drug-likeness (QED) is 0.560. The molecule has 3 aromatic heterocycles. The SMILES string of the molecule is CC(C)n1cc(-c2ccnc(NC[C@H](C)O)n2)c(-c2cnc3c(c2)C(C)(C)C(=O)N3)n1. The lowest BCUT2D eigenvalue weighted by molar-refractivity contribution is -0.119. The Morgan fingerprint density at radius 1 is 1.26 bits per heavy atom. The number of aliphatic hydroxyl groups is 1. The fourth-order valence-electron chi connectivity index (χ4n) is 3.45. The van der Waals surface area contributed by atoms with Gasteiger partial charge in [0, 0.05) is 47.9 Å². The first-order chi connectivity index (χ1) is 14.7. The van der Waals surface area contributed by atoms with E-state index in [1.807, 2.05) is 36.9 Å². The Morgan fingerprint density at radius 3 is 2.74 bits per heavy atom. The molecule has 4 rings (SSSR count). The maximum Gasteiger partial charge on any atom is 0.235 e. The number of hydrogen-bond donors (Lipinski definition) is 3. The number of rotatable bonds is 6. The van der Waals surface area contributed by atoms with Gasteiger partial charge in [0.25, 0.3) is 0 Å². The molecule has 0 saturated carbocycles. The number of amides is 1. The van der Waals surface area contributed by atoms with E-state index in [1.54, 1.807) is 19.3 Å². The predicted molar refractivity (Wildman–Crippen MR) is 119 cm³/mol. The molecule has 0 aromatic carbocycles. The number of fused-ring (bicyclic) bond motifs is 1. The van der Waals surface area contributed by atoms with E-state index in [4.69, 9.17) is 5.10 Å². The fourth-order valence-corrected chi connectivity index (χ4v) is 3.45. The average molecular weight is 422 g/mol. The summed E-state index contributed by atoms with van der Waals surface area (Å²) >= 11 is 0. The Hall–Kier alpha value is -3.33. The zero-order valence-corrected chi connectivity index (χ0v) is 18.3. The van der Waals surface area contributed by atoms with Gasteiger partial charge in [0.15, 0.2) is 0 Å². The average Bonchev–Trinajstić information content (AvgIpc) is 3.27. The van der Waals surface area contributed by atoms with E-state index in [2.05, 4.69) is 39.4 Å². The van der Waals surface area contributed by atoms with E-state index in [1.165, 1.54) is 0 Å². The van der Waals surface area contributed by atoms with Crippen LogP contribution in [0.1, 0.15) is 46.2 Å². The van der Waals surface area contributed by atoms with Crippen LogP contribution in [0.25, 0.3) is 22.5 Å². The lowest BCUT2D eigenvalue weighted by Gasteiger charge is -2.15. The Morgan fingerprint density at radius 2 is 2.03 bits per heavy atom. The molecular formula is C22H27N7O2. The highest BCUT2D eigenvalue weighted by Crippen LogP contribution is 2.39. The Labute approximate surface area is 181 Å². The van der Waals surface area contributed by atoms with Gasteiger partial charge < -0.3 is 15.7 Å². The van der Waals surface area contributed by atoms with Gasteiger partial charge in [-0.2, -0.15) is 5.10 Å². The summed E-state index contributed by atoms with van der Waals surface area (Å²) in [5.41, 5.74) is 3.29. The minimum absolute atomic E-state index is 0.0651. The minimum Gasteiger partial charge on any atom is -0.392 e. The number of carbonyl (C=O) groups excluding carboxylic acids is 1. The molecule has 31 heavy (non-hydrogen) atoms. The number of nitrogens with zero attached hydrogens (tertiary/aromatic N) is 5. The molecule has 0 radical (unpaired) electrons. The van der Waals surface area contributed by atoms with Gasteiger partial charge in [-0.05, 0) is 46.8 Å². The van der Waals surface area contributed by atoms with Crippen LogP contribution in [-0.4, -0.2) is 48.4 Å². The zero-order valence-electron chi connectivity index (χ0n) is 18.3. The van der Waals surface area contributed by atoms with Crippen molar-refractivity contribution in [1.82, 2.24) is 24.7 Å². The molecule has 1 amide bonds. The van der Waals surface area contributed by atoms with Crippen molar-refractivity contribution >= 4 is 17.7 Å². The molecule has 0 fully saturated rings. The molecule has 4 heterocycles. The smallest absolute Gasteiger partial charge is 0.235 e. The van der Waals surface area contributed by atoms with Gasteiger partial charge in [-0.25, -0.2) is 15.0 Å². The van der Waals surface area contributed by atoms with Crippen LogP contribution in [0.4, 0.5) is 11.8 Å². The van der Waals surface area contributed by atoms with Crippen LogP contribution < -0.4 is 10.6 Å². The molecule has 9 heteroatoms. The monoisotopic (exact) mass is 421 g/mol. The van der Waals surface area contributed by atoms with Crippen molar-refractivity contribution in [2.45, 2.75) is 52.2 Å². The van der Waals surface area contributed by atoms with E-state index in [0.717, 1.165) is 22.4 Å². The second-order valence-corrected chi connectivity index (χ2v) is 8.66. The summed E-state index contributed by atoms with van der Waals surface area (Å²) in [5.74, 6) is 0.963. The second kappa shape index (κ2) is 7.73. The van der Waals surface area contributed by atoms with Crippen LogP contribution in [0.3, 0.4) is 0 Å². The fraction of sp³-hybridized carbons (Fsp3) is 0.409. The third kappa shape index (κ3) is 3.88. The Balaban J connectivity index is 1.80. The third-order valence-corrected chi connectivity index (χ3v) is 5.38. The van der Waals surface area contributed by atoms with Crippen molar-refractivity contribution in [1.29, 1.82) is 0 Å². The van der Waals surface area contributed by atoms with Crippen LogP contribution in [-0.2, 0) is 10.2 Å². The van der Waals surface area contributed by atoms with Gasteiger partial charge in [-0.15, -0.1) is 0 Å². The van der Waals surface area contributed by atoms with Crippen LogP contribution in [0.5, 0.6) is 0 Å². The first-order valence-corrected chi connectivity index (χ1v) is 10.3. The maximum absolute atomic E-state index is 12.3. The summed E-state index contributed by atoms with van der Waals surface area (Å²) in [6, 6.07) is 3.96. The number of pyridine rings is 1. The maximum atomic E-state index is 12.3. The first-order valence-electron chi connectivity index (χ1n) is 10.3. The van der Waals surface area contributed by atoms with Crippen LogP contribution >= 0.6 is 0 Å². The molecule has 3 aromatic rings. The van der Waals surface area contributed by atoms with Crippen LogP contribution in [0.15, 0.2) is 30.7 Å². The van der Waals surface area contributed by atoms with Crippen molar-refractivity contribution < 1.29 is 9.90 Å². The van der Waals surface area contributed by atoms with Gasteiger partial charge in [0.1, 0.15) is 11.5 Å². The first kappa shape index (κ1) is 20.9. The number of nitrogens with one attached hydrogen (secondary N) is 2. The lowest BCUT2D eigenvalue weighted by Crippen LogP contribution is -2.26. The molecule has 0 aliphatic carbocycles. The number of aromatic nitrogens is 5. The summed E-state index contributed by atoms with van der Waals surface area (Å²) in [5, 5.41) is 20.2. The van der Waals surface area contributed by atoms with Crippen molar-refractivity contribution in [3.8, 4) is 22.5 Å². The second-order valence-electron chi connectivity index (χ2n) is 8.66. The molecule has 3 N–H and O–H groups in total. The highest BCUT2D eigenvalue weighted by molar-refractivity contribution is 6.05. The summed E-state index contributed by atoms with van der Waals surface area (Å²) in [6.07, 6.45) is 4.85. The standard InChI is InChI=1S/C22H27N7O2/c1-12(2)29-11-15(17-6-7-23-21(26-17)25-9-13(3)30)18(28-29)14-8-16-19(24-10-14)27-20(31)22(16,4)5/h6-8,10-13,30H,9H2,1-5H3,(H,23,25,26)(H,24,27,31)/t13-/m0/s1. The van der Waals surface area contributed by atoms with E-state index >= 15 is 0 Å². The molecule has 0 spiro atoms. The predicted octanol–water partition coefficient (Wildman–Crippen LogP) is 3.01.